The van der Waals surface area contributed by atoms with Crippen LogP contribution in [-0.4, -0.2) is 30.9 Å². The molecule has 17 heavy (non-hydrogen) atoms. The molecule has 0 spiro atoms. The number of morpholine rings is 1. The zero-order valence-corrected chi connectivity index (χ0v) is 10.7. The minimum absolute atomic E-state index is 0.176. The van der Waals surface area contributed by atoms with Crippen LogP contribution < -0.4 is 5.32 Å². The number of aliphatic hydroxyl groups is 1. The van der Waals surface area contributed by atoms with Gasteiger partial charge in [-0.2, -0.15) is 0 Å². The Hall–Kier alpha value is -0.610. The number of hydrogen-bond donors (Lipinski definition) is 2. The summed E-state index contributed by atoms with van der Waals surface area (Å²) >= 11 is 6.11. The molecule has 1 fully saturated rings. The van der Waals surface area contributed by atoms with E-state index in [1.807, 2.05) is 18.2 Å². The van der Waals surface area contributed by atoms with Crippen molar-refractivity contribution in [3.63, 3.8) is 0 Å². The van der Waals surface area contributed by atoms with Crippen LogP contribution in [0, 0.1) is 0 Å². The molecule has 4 heteroatoms. The third kappa shape index (κ3) is 3.19. The van der Waals surface area contributed by atoms with Crippen molar-refractivity contribution in [3.05, 3.63) is 34.9 Å². The number of ether oxygens (including phenoxy) is 1. The standard InChI is InChI=1S/C13H18ClNO2/c1-13(16,8-10-9-17-7-6-15-10)11-4-2-3-5-12(11)14/h2-5,10,15-16H,6-9H2,1H3. The van der Waals surface area contributed by atoms with E-state index in [4.69, 9.17) is 16.3 Å². The summed E-state index contributed by atoms with van der Waals surface area (Å²) in [4.78, 5) is 0. The lowest BCUT2D eigenvalue weighted by Crippen LogP contribution is -2.45. The van der Waals surface area contributed by atoms with Gasteiger partial charge in [0, 0.05) is 23.2 Å². The normalized spacial score (nSPS) is 24.3. The summed E-state index contributed by atoms with van der Waals surface area (Å²) < 4.78 is 5.39. The molecule has 2 rings (SSSR count). The van der Waals surface area contributed by atoms with Crippen molar-refractivity contribution in [2.75, 3.05) is 19.8 Å². The van der Waals surface area contributed by atoms with Crippen molar-refractivity contribution in [1.29, 1.82) is 0 Å². The lowest BCUT2D eigenvalue weighted by atomic mass is 9.89. The monoisotopic (exact) mass is 255 g/mol. The fraction of sp³-hybridized carbons (Fsp3) is 0.538. The van der Waals surface area contributed by atoms with Gasteiger partial charge < -0.3 is 15.2 Å². The van der Waals surface area contributed by atoms with Gasteiger partial charge in [0.05, 0.1) is 18.8 Å². The Labute approximate surface area is 107 Å². The summed E-state index contributed by atoms with van der Waals surface area (Å²) in [5.41, 5.74) is -0.162. The van der Waals surface area contributed by atoms with Crippen LogP contribution in [0.4, 0.5) is 0 Å². The van der Waals surface area contributed by atoms with Gasteiger partial charge in [0.2, 0.25) is 0 Å². The fourth-order valence-electron chi connectivity index (χ4n) is 2.24. The zero-order chi connectivity index (χ0) is 12.3. The number of halogens is 1. The predicted octanol–water partition coefficient (Wildman–Crippen LogP) is 1.93. The Morgan fingerprint density at radius 1 is 1.53 bits per heavy atom. The number of hydrogen-bond acceptors (Lipinski definition) is 3. The number of benzene rings is 1. The Bertz CT molecular complexity index is 375. The van der Waals surface area contributed by atoms with Crippen molar-refractivity contribution < 1.29 is 9.84 Å². The first-order valence-corrected chi connectivity index (χ1v) is 6.26. The molecule has 0 amide bonds. The van der Waals surface area contributed by atoms with Crippen molar-refractivity contribution in [3.8, 4) is 0 Å². The molecule has 1 aromatic rings. The van der Waals surface area contributed by atoms with E-state index in [0.29, 0.717) is 18.1 Å². The Balaban J connectivity index is 2.10. The molecule has 0 aromatic heterocycles. The van der Waals surface area contributed by atoms with Crippen molar-refractivity contribution in [1.82, 2.24) is 5.32 Å². The molecule has 1 aliphatic rings. The molecule has 1 aliphatic heterocycles. The zero-order valence-electron chi connectivity index (χ0n) is 9.95. The Morgan fingerprint density at radius 3 is 2.94 bits per heavy atom. The summed E-state index contributed by atoms with van der Waals surface area (Å²) in [6.45, 7) is 4.01. The van der Waals surface area contributed by atoms with E-state index in [2.05, 4.69) is 5.32 Å². The molecule has 2 atom stereocenters. The van der Waals surface area contributed by atoms with Gasteiger partial charge >= 0.3 is 0 Å². The lowest BCUT2D eigenvalue weighted by molar-refractivity contribution is 0.00329. The predicted molar refractivity (Wildman–Crippen MR) is 68.2 cm³/mol. The topological polar surface area (TPSA) is 41.5 Å². The van der Waals surface area contributed by atoms with E-state index in [1.165, 1.54) is 0 Å². The molecule has 1 aromatic carbocycles. The first kappa shape index (κ1) is 12.8. The van der Waals surface area contributed by atoms with E-state index < -0.39 is 5.60 Å². The highest BCUT2D eigenvalue weighted by Gasteiger charge is 2.30. The molecular weight excluding hydrogens is 238 g/mol. The summed E-state index contributed by atoms with van der Waals surface area (Å²) in [5, 5.41) is 14.5. The molecular formula is C13H18ClNO2. The van der Waals surface area contributed by atoms with Gasteiger partial charge in [-0.3, -0.25) is 0 Å². The Morgan fingerprint density at radius 2 is 2.29 bits per heavy atom. The van der Waals surface area contributed by atoms with Crippen LogP contribution in [-0.2, 0) is 10.3 Å². The minimum Gasteiger partial charge on any atom is -0.385 e. The maximum atomic E-state index is 10.5. The molecule has 2 unspecified atom stereocenters. The van der Waals surface area contributed by atoms with Crippen LogP contribution >= 0.6 is 11.6 Å². The molecule has 0 saturated carbocycles. The lowest BCUT2D eigenvalue weighted by Gasteiger charge is -2.32. The smallest absolute Gasteiger partial charge is 0.0898 e. The first-order chi connectivity index (χ1) is 8.09. The third-order valence-corrected chi connectivity index (χ3v) is 3.43. The summed E-state index contributed by atoms with van der Waals surface area (Å²) in [7, 11) is 0. The van der Waals surface area contributed by atoms with Gasteiger partial charge in [-0.05, 0) is 19.4 Å². The number of rotatable bonds is 3. The third-order valence-electron chi connectivity index (χ3n) is 3.10. The van der Waals surface area contributed by atoms with Gasteiger partial charge in [-0.25, -0.2) is 0 Å². The highest BCUT2D eigenvalue weighted by Crippen LogP contribution is 2.31. The van der Waals surface area contributed by atoms with Crippen LogP contribution in [0.5, 0.6) is 0 Å². The van der Waals surface area contributed by atoms with E-state index in [9.17, 15) is 5.11 Å². The molecule has 0 aliphatic carbocycles. The summed E-state index contributed by atoms with van der Waals surface area (Å²) in [5.74, 6) is 0. The molecule has 0 bridgehead atoms. The summed E-state index contributed by atoms with van der Waals surface area (Å²) in [6, 6.07) is 7.60. The van der Waals surface area contributed by atoms with Gasteiger partial charge in [0.1, 0.15) is 0 Å². The molecule has 1 saturated heterocycles. The average molecular weight is 256 g/mol. The maximum Gasteiger partial charge on any atom is 0.0898 e. The highest BCUT2D eigenvalue weighted by molar-refractivity contribution is 6.31. The average Bonchev–Trinajstić information content (AvgIpc) is 2.30. The fourth-order valence-corrected chi connectivity index (χ4v) is 2.58. The maximum absolute atomic E-state index is 10.5. The van der Waals surface area contributed by atoms with Crippen LogP contribution in [0.3, 0.4) is 0 Å². The largest absolute Gasteiger partial charge is 0.385 e. The van der Waals surface area contributed by atoms with E-state index >= 15 is 0 Å². The van der Waals surface area contributed by atoms with Gasteiger partial charge in [0.15, 0.2) is 0 Å². The number of nitrogens with one attached hydrogen (secondary N) is 1. The SMILES string of the molecule is CC(O)(CC1COCCN1)c1ccccc1Cl. The van der Waals surface area contributed by atoms with E-state index in [1.54, 1.807) is 13.0 Å². The Kier molecular flexibility index (Phi) is 4.05. The van der Waals surface area contributed by atoms with E-state index in [0.717, 1.165) is 18.7 Å². The molecule has 0 radical (unpaired) electrons. The second kappa shape index (κ2) is 5.36. The first-order valence-electron chi connectivity index (χ1n) is 5.88. The van der Waals surface area contributed by atoms with Crippen LogP contribution in [0.15, 0.2) is 24.3 Å². The second-order valence-corrected chi connectivity index (χ2v) is 5.09. The van der Waals surface area contributed by atoms with Crippen molar-refractivity contribution >= 4 is 11.6 Å². The second-order valence-electron chi connectivity index (χ2n) is 4.68. The molecule has 3 nitrogen and oxygen atoms in total. The quantitative estimate of drug-likeness (QED) is 0.867. The highest BCUT2D eigenvalue weighted by atomic mass is 35.5. The van der Waals surface area contributed by atoms with Crippen molar-refractivity contribution in [2.24, 2.45) is 0 Å². The van der Waals surface area contributed by atoms with Crippen LogP contribution in [0.1, 0.15) is 18.9 Å². The van der Waals surface area contributed by atoms with Crippen LogP contribution in [0.25, 0.3) is 0 Å². The van der Waals surface area contributed by atoms with Gasteiger partial charge in [-0.1, -0.05) is 29.8 Å². The molecule has 1 heterocycles. The molecule has 94 valence electrons. The van der Waals surface area contributed by atoms with Crippen LogP contribution in [0.2, 0.25) is 5.02 Å². The van der Waals surface area contributed by atoms with E-state index in [-0.39, 0.29) is 6.04 Å². The van der Waals surface area contributed by atoms with Gasteiger partial charge in [-0.15, -0.1) is 0 Å². The van der Waals surface area contributed by atoms with Gasteiger partial charge in [0.25, 0.3) is 0 Å². The minimum atomic E-state index is -0.934. The molecule has 2 N–H and O–H groups in total. The van der Waals surface area contributed by atoms with Crippen molar-refractivity contribution in [2.45, 2.75) is 25.0 Å². The summed E-state index contributed by atoms with van der Waals surface area (Å²) in [6.07, 6.45) is 0.594.